The van der Waals surface area contributed by atoms with Gasteiger partial charge in [0.1, 0.15) is 11.5 Å². The molecule has 2 spiro atoms. The normalized spacial score (nSPS) is 36.9. The lowest BCUT2D eigenvalue weighted by Gasteiger charge is -2.40. The number of benzene rings is 2. The summed E-state index contributed by atoms with van der Waals surface area (Å²) in [5, 5.41) is 7.29. The van der Waals surface area contributed by atoms with Crippen molar-refractivity contribution in [2.75, 3.05) is 40.4 Å². The first kappa shape index (κ1) is 23.1. The lowest BCUT2D eigenvalue weighted by molar-refractivity contribution is 0.202. The lowest BCUT2D eigenvalue weighted by atomic mass is 9.63. The Labute approximate surface area is 216 Å². The largest absolute Gasteiger partial charge is 0.497 e. The van der Waals surface area contributed by atoms with Crippen LogP contribution in [-0.2, 0) is 12.8 Å². The highest BCUT2D eigenvalue weighted by Crippen LogP contribution is 2.61. The van der Waals surface area contributed by atoms with E-state index in [1.807, 2.05) is 0 Å². The molecule has 36 heavy (non-hydrogen) atoms. The van der Waals surface area contributed by atoms with Gasteiger partial charge in [-0.3, -0.25) is 0 Å². The third kappa shape index (κ3) is 3.33. The summed E-state index contributed by atoms with van der Waals surface area (Å²) in [7, 11) is 3.52. The van der Waals surface area contributed by atoms with Crippen molar-refractivity contribution in [2.45, 2.75) is 63.2 Å². The molecule has 6 atom stereocenters. The van der Waals surface area contributed by atoms with Crippen LogP contribution in [0.1, 0.15) is 72.6 Å². The molecule has 0 amide bonds. The number of hydrogen-bond acceptors (Lipinski definition) is 4. The predicted octanol–water partition coefficient (Wildman–Crippen LogP) is 5.45. The molecule has 2 aliphatic heterocycles. The van der Waals surface area contributed by atoms with Gasteiger partial charge >= 0.3 is 0 Å². The Bertz CT molecular complexity index is 1060. The third-order valence-corrected chi connectivity index (χ3v) is 11.5. The summed E-state index contributed by atoms with van der Waals surface area (Å²) in [5.41, 5.74) is 7.49. The van der Waals surface area contributed by atoms with Gasteiger partial charge in [0, 0.05) is 13.1 Å². The quantitative estimate of drug-likeness (QED) is 0.592. The van der Waals surface area contributed by atoms with Crippen molar-refractivity contribution >= 4 is 0 Å². The number of methoxy groups -OCH3 is 2. The van der Waals surface area contributed by atoms with Gasteiger partial charge in [-0.15, -0.1) is 0 Å². The molecule has 0 aromatic heterocycles. The van der Waals surface area contributed by atoms with E-state index < -0.39 is 0 Å². The average molecular weight is 487 g/mol. The van der Waals surface area contributed by atoms with E-state index in [1.54, 1.807) is 25.3 Å². The van der Waals surface area contributed by atoms with E-state index in [0.717, 1.165) is 35.2 Å². The fourth-order valence-electron chi connectivity index (χ4n) is 9.69. The van der Waals surface area contributed by atoms with Crippen LogP contribution in [-0.4, -0.2) is 40.4 Å². The van der Waals surface area contributed by atoms with Crippen molar-refractivity contribution in [2.24, 2.45) is 22.7 Å². The maximum absolute atomic E-state index is 5.36. The van der Waals surface area contributed by atoms with E-state index >= 15 is 0 Å². The fourth-order valence-corrected chi connectivity index (χ4v) is 9.69. The van der Waals surface area contributed by atoms with Gasteiger partial charge in [0.05, 0.1) is 14.2 Å². The molecule has 2 N–H and O–H groups in total. The molecule has 4 fully saturated rings. The van der Waals surface area contributed by atoms with Crippen LogP contribution in [0.25, 0.3) is 0 Å². The highest BCUT2D eigenvalue weighted by molar-refractivity contribution is 5.43. The maximum atomic E-state index is 5.36. The number of ether oxygens (including phenoxy) is 2. The molecular weight excluding hydrogens is 444 g/mol. The Hall–Kier alpha value is -2.04. The second-order valence-electron chi connectivity index (χ2n) is 12.5. The standard InChI is InChI=1S/2C16H21NO/c2*1-18-13-3-4-14-11(8-13)6-7-16-10-17-9-12(16)2-5-15(14)16/h2*3-4,8,12,15,17H,2,5-7,9-10H2,1H3/t12-,15+,16+;12-,15-,16+/m11/s1. The van der Waals surface area contributed by atoms with Crippen LogP contribution in [0.4, 0.5) is 0 Å². The zero-order valence-corrected chi connectivity index (χ0v) is 22.1. The number of fused-ring (bicyclic) bond motifs is 4. The molecule has 2 aromatic carbocycles. The SMILES string of the molecule is COc1ccc2c(c1)CC[C@]13CNC[C@H]1CC[C@@H]23.COc1ccc2c(c1)CC[C@]13CNC[C@H]1CC[C@H]23. The Kier molecular flexibility index (Phi) is 5.63. The molecule has 0 unspecified atom stereocenters. The van der Waals surface area contributed by atoms with Crippen LogP contribution >= 0.6 is 0 Å². The van der Waals surface area contributed by atoms with Crippen LogP contribution in [0.2, 0.25) is 0 Å². The first-order chi connectivity index (χ1) is 17.7. The minimum absolute atomic E-state index is 0.585. The summed E-state index contributed by atoms with van der Waals surface area (Å²) in [4.78, 5) is 0. The molecule has 0 bridgehead atoms. The Balaban J connectivity index is 0.000000122. The number of aryl methyl sites for hydroxylation is 2. The van der Waals surface area contributed by atoms with Gasteiger partial charge in [-0.05, 0) is 145 Å². The van der Waals surface area contributed by atoms with Gasteiger partial charge in [0.25, 0.3) is 0 Å². The van der Waals surface area contributed by atoms with Crippen molar-refractivity contribution in [1.82, 2.24) is 10.6 Å². The number of nitrogens with one attached hydrogen (secondary N) is 2. The molecule has 4 aliphatic carbocycles. The summed E-state index contributed by atoms with van der Waals surface area (Å²) in [5.74, 6) is 5.49. The van der Waals surface area contributed by atoms with Gasteiger partial charge in [-0.2, -0.15) is 0 Å². The molecule has 4 heteroatoms. The van der Waals surface area contributed by atoms with Crippen LogP contribution in [0.15, 0.2) is 36.4 Å². The number of hydrogen-bond donors (Lipinski definition) is 2. The molecule has 0 radical (unpaired) electrons. The van der Waals surface area contributed by atoms with E-state index in [0.29, 0.717) is 10.8 Å². The number of rotatable bonds is 2. The minimum Gasteiger partial charge on any atom is -0.497 e. The first-order valence-corrected chi connectivity index (χ1v) is 14.4. The average Bonchev–Trinajstić information content (AvgIpc) is 3.67. The second kappa shape index (κ2) is 8.77. The molecule has 2 saturated heterocycles. The van der Waals surface area contributed by atoms with Crippen LogP contribution < -0.4 is 20.1 Å². The van der Waals surface area contributed by atoms with Gasteiger partial charge in [0.15, 0.2) is 0 Å². The Morgan fingerprint density at radius 2 is 1.14 bits per heavy atom. The van der Waals surface area contributed by atoms with E-state index in [1.165, 1.54) is 88.7 Å². The monoisotopic (exact) mass is 486 g/mol. The summed E-state index contributed by atoms with van der Waals surface area (Å²) in [6.45, 7) is 4.99. The van der Waals surface area contributed by atoms with Crippen LogP contribution in [0.5, 0.6) is 11.5 Å². The van der Waals surface area contributed by atoms with Crippen LogP contribution in [0, 0.1) is 22.7 Å². The molecule has 2 saturated carbocycles. The van der Waals surface area contributed by atoms with Gasteiger partial charge < -0.3 is 20.1 Å². The molecule has 192 valence electrons. The topological polar surface area (TPSA) is 42.5 Å². The lowest BCUT2D eigenvalue weighted by Crippen LogP contribution is -2.35. The van der Waals surface area contributed by atoms with E-state index in [-0.39, 0.29) is 0 Å². The van der Waals surface area contributed by atoms with Gasteiger partial charge in [-0.25, -0.2) is 0 Å². The maximum Gasteiger partial charge on any atom is 0.119 e. The highest BCUT2D eigenvalue weighted by Gasteiger charge is 2.55. The second-order valence-corrected chi connectivity index (χ2v) is 12.5. The third-order valence-electron chi connectivity index (χ3n) is 11.5. The zero-order chi connectivity index (χ0) is 24.3. The summed E-state index contributed by atoms with van der Waals surface area (Å²) < 4.78 is 10.7. The van der Waals surface area contributed by atoms with Crippen molar-refractivity contribution < 1.29 is 9.47 Å². The predicted molar refractivity (Wildman–Crippen MR) is 144 cm³/mol. The highest BCUT2D eigenvalue weighted by atomic mass is 16.5. The summed E-state index contributed by atoms with van der Waals surface area (Å²) in [6.07, 6.45) is 10.8. The van der Waals surface area contributed by atoms with Gasteiger partial charge in [0.2, 0.25) is 0 Å². The van der Waals surface area contributed by atoms with E-state index in [9.17, 15) is 0 Å². The molecule has 8 rings (SSSR count). The smallest absolute Gasteiger partial charge is 0.119 e. The Morgan fingerprint density at radius 1 is 0.667 bits per heavy atom. The first-order valence-electron chi connectivity index (χ1n) is 14.4. The minimum atomic E-state index is 0.585. The van der Waals surface area contributed by atoms with Crippen molar-refractivity contribution in [3.05, 3.63) is 58.7 Å². The summed E-state index contributed by atoms with van der Waals surface area (Å²) >= 11 is 0. The van der Waals surface area contributed by atoms with Crippen LogP contribution in [0.3, 0.4) is 0 Å². The Morgan fingerprint density at radius 3 is 1.58 bits per heavy atom. The molecule has 4 nitrogen and oxygen atoms in total. The van der Waals surface area contributed by atoms with Crippen molar-refractivity contribution in [3.8, 4) is 11.5 Å². The molecule has 6 aliphatic rings. The van der Waals surface area contributed by atoms with Crippen molar-refractivity contribution in [3.63, 3.8) is 0 Å². The molecule has 2 heterocycles. The van der Waals surface area contributed by atoms with Gasteiger partial charge in [-0.1, -0.05) is 12.1 Å². The fraction of sp³-hybridized carbons (Fsp3) is 0.625. The van der Waals surface area contributed by atoms with Crippen molar-refractivity contribution in [1.29, 1.82) is 0 Å². The van der Waals surface area contributed by atoms with E-state index in [2.05, 4.69) is 47.0 Å². The zero-order valence-electron chi connectivity index (χ0n) is 22.1. The molecular formula is C32H42N2O2. The van der Waals surface area contributed by atoms with E-state index in [4.69, 9.17) is 9.47 Å². The summed E-state index contributed by atoms with van der Waals surface area (Å²) in [6, 6.07) is 13.5. The molecule has 2 aromatic rings.